The minimum atomic E-state index is -0.478. The summed E-state index contributed by atoms with van der Waals surface area (Å²) in [6.45, 7) is 6.24. The van der Waals surface area contributed by atoms with E-state index in [1.165, 1.54) is 10.8 Å². The molecule has 0 amide bonds. The van der Waals surface area contributed by atoms with Gasteiger partial charge in [-0.15, -0.1) is 0 Å². The Bertz CT molecular complexity index is 1160. The summed E-state index contributed by atoms with van der Waals surface area (Å²) < 4.78 is 12.8. The van der Waals surface area contributed by atoms with Crippen LogP contribution in [-0.2, 0) is 6.61 Å². The van der Waals surface area contributed by atoms with Crippen molar-refractivity contribution in [1.29, 1.82) is 5.26 Å². The third-order valence-corrected chi connectivity index (χ3v) is 4.69. The summed E-state index contributed by atoms with van der Waals surface area (Å²) in [5.41, 5.74) is 2.98. The van der Waals surface area contributed by atoms with Gasteiger partial charge in [-0.1, -0.05) is 29.8 Å². The van der Waals surface area contributed by atoms with Crippen molar-refractivity contribution in [2.75, 3.05) is 6.61 Å². The zero-order valence-corrected chi connectivity index (χ0v) is 18.3. The largest absolute Gasteiger partial charge is 0.490 e. The lowest BCUT2D eigenvalue weighted by Gasteiger charge is -2.13. The highest BCUT2D eigenvalue weighted by Crippen LogP contribution is 2.30. The number of hydrogen-bond acceptors (Lipinski definition) is 5. The average Bonchev–Trinajstić information content (AvgIpc) is 3.10. The first kappa shape index (κ1) is 22.1. The lowest BCUT2D eigenvalue weighted by molar-refractivity contribution is 0.0943. The van der Waals surface area contributed by atoms with Crippen molar-refractivity contribution in [3.05, 3.63) is 81.6 Å². The van der Waals surface area contributed by atoms with Crippen molar-refractivity contribution >= 4 is 23.6 Å². The molecule has 0 radical (unpaired) electrons. The molecule has 3 aromatic rings. The Morgan fingerprint density at radius 2 is 1.87 bits per heavy atom. The molecule has 1 heterocycles. The van der Waals surface area contributed by atoms with Crippen LogP contribution in [0.15, 0.2) is 54.1 Å². The van der Waals surface area contributed by atoms with Crippen LogP contribution in [0.5, 0.6) is 11.5 Å². The molecule has 0 atom stereocenters. The molecule has 7 heteroatoms. The van der Waals surface area contributed by atoms with Gasteiger partial charge in [0.15, 0.2) is 11.5 Å². The summed E-state index contributed by atoms with van der Waals surface area (Å²) in [4.78, 5) is 12.7. The Balaban J connectivity index is 1.84. The van der Waals surface area contributed by atoms with E-state index in [9.17, 15) is 10.1 Å². The SMILES string of the molecule is CCOc1cc(/C=C(\C#N)C(=O)n2nc(C)cc2C)ccc1OCc1ccc(Cl)cc1. The average molecular weight is 436 g/mol. The molecule has 158 valence electrons. The molecule has 0 bridgehead atoms. The minimum absolute atomic E-state index is 0.0246. The summed E-state index contributed by atoms with van der Waals surface area (Å²) in [5, 5.41) is 14.4. The van der Waals surface area contributed by atoms with Gasteiger partial charge >= 0.3 is 0 Å². The predicted octanol–water partition coefficient (Wildman–Crippen LogP) is 5.38. The van der Waals surface area contributed by atoms with E-state index < -0.39 is 5.91 Å². The monoisotopic (exact) mass is 435 g/mol. The van der Waals surface area contributed by atoms with E-state index in [1.807, 2.05) is 25.1 Å². The van der Waals surface area contributed by atoms with Crippen LogP contribution < -0.4 is 9.47 Å². The van der Waals surface area contributed by atoms with Crippen LogP contribution in [0.2, 0.25) is 5.02 Å². The van der Waals surface area contributed by atoms with Gasteiger partial charge in [0.1, 0.15) is 18.2 Å². The van der Waals surface area contributed by atoms with Gasteiger partial charge in [-0.25, -0.2) is 4.68 Å². The molecule has 0 saturated carbocycles. The molecule has 0 saturated heterocycles. The molecule has 0 spiro atoms. The zero-order valence-electron chi connectivity index (χ0n) is 17.6. The molecule has 0 unspecified atom stereocenters. The maximum Gasteiger partial charge on any atom is 0.289 e. The summed E-state index contributed by atoms with van der Waals surface area (Å²) in [6.07, 6.45) is 1.52. The highest BCUT2D eigenvalue weighted by molar-refractivity contribution is 6.30. The van der Waals surface area contributed by atoms with Crippen molar-refractivity contribution < 1.29 is 14.3 Å². The second-order valence-corrected chi connectivity index (χ2v) is 7.30. The van der Waals surface area contributed by atoms with Crippen LogP contribution in [0.25, 0.3) is 6.08 Å². The number of hydrogen-bond donors (Lipinski definition) is 0. The van der Waals surface area contributed by atoms with Crippen LogP contribution >= 0.6 is 11.6 Å². The maximum atomic E-state index is 12.7. The van der Waals surface area contributed by atoms with Gasteiger partial charge in [-0.3, -0.25) is 4.79 Å². The van der Waals surface area contributed by atoms with Gasteiger partial charge in [0, 0.05) is 10.7 Å². The topological polar surface area (TPSA) is 77.1 Å². The number of carbonyl (C=O) groups excluding carboxylic acids is 1. The second kappa shape index (κ2) is 9.96. The fraction of sp³-hybridized carbons (Fsp3) is 0.208. The lowest BCUT2D eigenvalue weighted by atomic mass is 10.1. The Morgan fingerprint density at radius 3 is 2.48 bits per heavy atom. The van der Waals surface area contributed by atoms with Gasteiger partial charge in [0.05, 0.1) is 12.3 Å². The number of aromatic nitrogens is 2. The number of ether oxygens (including phenoxy) is 2. The fourth-order valence-electron chi connectivity index (χ4n) is 3.00. The molecular weight excluding hydrogens is 414 g/mol. The third-order valence-electron chi connectivity index (χ3n) is 4.44. The van der Waals surface area contributed by atoms with Gasteiger partial charge in [0.2, 0.25) is 0 Å². The van der Waals surface area contributed by atoms with Gasteiger partial charge in [-0.05, 0) is 68.3 Å². The predicted molar refractivity (Wildman–Crippen MR) is 119 cm³/mol. The van der Waals surface area contributed by atoms with Gasteiger partial charge in [-0.2, -0.15) is 10.4 Å². The molecular formula is C24H22ClN3O3. The molecule has 0 aliphatic carbocycles. The number of nitrogens with zero attached hydrogens (tertiary/aromatic N) is 3. The molecule has 3 rings (SSSR count). The van der Waals surface area contributed by atoms with Crippen molar-refractivity contribution in [2.24, 2.45) is 0 Å². The van der Waals surface area contributed by atoms with Crippen LogP contribution in [0.4, 0.5) is 0 Å². The van der Waals surface area contributed by atoms with E-state index in [2.05, 4.69) is 5.10 Å². The first-order valence-corrected chi connectivity index (χ1v) is 10.1. The number of rotatable bonds is 7. The Labute approximate surface area is 186 Å². The van der Waals surface area contributed by atoms with Crippen LogP contribution in [0, 0.1) is 25.2 Å². The van der Waals surface area contributed by atoms with E-state index >= 15 is 0 Å². The van der Waals surface area contributed by atoms with Crippen molar-refractivity contribution in [3.8, 4) is 17.6 Å². The summed E-state index contributed by atoms with van der Waals surface area (Å²) in [7, 11) is 0. The fourth-order valence-corrected chi connectivity index (χ4v) is 3.13. The Hall–Kier alpha value is -3.56. The van der Waals surface area contributed by atoms with Crippen LogP contribution in [0.1, 0.15) is 34.2 Å². The standard InChI is InChI=1S/C24H22ClN3O3/c1-4-30-23-13-19(7-10-22(23)31-15-18-5-8-21(25)9-6-18)12-20(14-26)24(29)28-17(3)11-16(2)27-28/h5-13H,4,15H2,1-3H3/b20-12+. The number of benzene rings is 2. The normalized spacial score (nSPS) is 11.1. The van der Waals surface area contributed by atoms with Crippen molar-refractivity contribution in [2.45, 2.75) is 27.4 Å². The van der Waals surface area contributed by atoms with E-state index in [1.54, 1.807) is 50.2 Å². The van der Waals surface area contributed by atoms with Crippen LogP contribution in [-0.4, -0.2) is 22.3 Å². The van der Waals surface area contributed by atoms with E-state index in [4.69, 9.17) is 21.1 Å². The highest BCUT2D eigenvalue weighted by Gasteiger charge is 2.16. The molecule has 0 N–H and O–H groups in total. The molecule has 1 aromatic heterocycles. The number of aryl methyl sites for hydroxylation is 2. The molecule has 6 nitrogen and oxygen atoms in total. The molecule has 0 aliphatic rings. The first-order valence-electron chi connectivity index (χ1n) is 9.75. The summed E-state index contributed by atoms with van der Waals surface area (Å²) >= 11 is 5.92. The van der Waals surface area contributed by atoms with E-state index in [0.29, 0.717) is 46.7 Å². The smallest absolute Gasteiger partial charge is 0.289 e. The third kappa shape index (κ3) is 5.53. The molecule has 2 aromatic carbocycles. The van der Waals surface area contributed by atoms with Gasteiger partial charge < -0.3 is 9.47 Å². The quantitative estimate of drug-likeness (QED) is 0.368. The number of allylic oxidation sites excluding steroid dienone is 1. The Morgan fingerprint density at radius 1 is 1.13 bits per heavy atom. The molecule has 31 heavy (non-hydrogen) atoms. The number of nitriles is 1. The maximum absolute atomic E-state index is 12.7. The van der Waals surface area contributed by atoms with E-state index in [-0.39, 0.29) is 5.57 Å². The van der Waals surface area contributed by atoms with Crippen LogP contribution in [0.3, 0.4) is 0 Å². The number of carbonyl (C=O) groups is 1. The first-order chi connectivity index (χ1) is 14.9. The van der Waals surface area contributed by atoms with E-state index in [0.717, 1.165) is 5.56 Å². The Kier molecular flexibility index (Phi) is 7.11. The molecule has 0 fully saturated rings. The zero-order chi connectivity index (χ0) is 22.4. The highest BCUT2D eigenvalue weighted by atomic mass is 35.5. The summed E-state index contributed by atoms with van der Waals surface area (Å²) in [6, 6.07) is 16.4. The molecule has 0 aliphatic heterocycles. The van der Waals surface area contributed by atoms with Crippen molar-refractivity contribution in [1.82, 2.24) is 9.78 Å². The number of halogens is 1. The van der Waals surface area contributed by atoms with Crippen molar-refractivity contribution in [3.63, 3.8) is 0 Å². The lowest BCUT2D eigenvalue weighted by Crippen LogP contribution is -2.15. The minimum Gasteiger partial charge on any atom is -0.490 e. The second-order valence-electron chi connectivity index (χ2n) is 6.87. The van der Waals surface area contributed by atoms with Gasteiger partial charge in [0.25, 0.3) is 5.91 Å². The summed E-state index contributed by atoms with van der Waals surface area (Å²) in [5.74, 6) is 0.618.